The average Bonchev–Trinajstić information content (AvgIpc) is 3.59. The maximum Gasteiger partial charge on any atom is 0.240 e. The van der Waals surface area contributed by atoms with Crippen LogP contribution in [0.15, 0.2) is 18.6 Å². The van der Waals surface area contributed by atoms with Crippen LogP contribution in [0.25, 0.3) is 28.9 Å². The van der Waals surface area contributed by atoms with Crippen molar-refractivity contribution in [3.63, 3.8) is 0 Å². The van der Waals surface area contributed by atoms with Crippen LogP contribution in [0.5, 0.6) is 11.8 Å². The number of rotatable bonds is 7. The van der Waals surface area contributed by atoms with E-state index in [4.69, 9.17) is 29.4 Å². The van der Waals surface area contributed by atoms with Crippen molar-refractivity contribution >= 4 is 17.7 Å². The molecule has 0 fully saturated rings. The van der Waals surface area contributed by atoms with E-state index in [1.165, 1.54) is 0 Å². The number of aliphatic hydroxyl groups is 1. The van der Waals surface area contributed by atoms with Crippen LogP contribution >= 0.6 is 0 Å². The fourth-order valence-electron chi connectivity index (χ4n) is 5.10. The van der Waals surface area contributed by atoms with E-state index in [0.29, 0.717) is 43.8 Å². The first-order chi connectivity index (χ1) is 19.4. The molecule has 4 aromatic rings. The second kappa shape index (κ2) is 11.8. The number of aromatic nitrogens is 7. The molecule has 2 bridgehead atoms. The van der Waals surface area contributed by atoms with Gasteiger partial charge in [-0.3, -0.25) is 19.0 Å². The Labute approximate surface area is 233 Å². The predicted octanol–water partition coefficient (Wildman–Crippen LogP) is 3.20. The molecule has 4 aromatic heterocycles. The number of hydrogen-bond donors (Lipinski definition) is 1. The molecule has 2 atom stereocenters. The SMILES string of the molecule is CCOc1nn([C@@H](C)CO)c2c1/C=C/c1ncc3cnc(cn13)-c1c(COC)nn(C)c1O[C@@H](C)CN(CC)C2. The standard InChI is InChI=1S/C28H38N8O4/c1-7-34-13-19(4)40-28-26(23(17-38-6)31-33(28)5)22-14-35-20(11-29-22)12-30-25(35)10-9-21-24(15-34)36(18(3)16-37)32-27(21)39-8-2/h9-12,14,18-19,37H,7-8,13,15-17H2,1-6H3/b10-9+/t18-,19-/m0/s1. The van der Waals surface area contributed by atoms with Gasteiger partial charge >= 0.3 is 0 Å². The summed E-state index contributed by atoms with van der Waals surface area (Å²) in [6.45, 7) is 10.9. The lowest BCUT2D eigenvalue weighted by Gasteiger charge is -2.26. The van der Waals surface area contributed by atoms with Gasteiger partial charge in [-0.25, -0.2) is 9.67 Å². The number of nitrogens with zero attached hydrogens (tertiary/aromatic N) is 8. The van der Waals surface area contributed by atoms with Gasteiger partial charge in [-0.1, -0.05) is 6.92 Å². The largest absolute Gasteiger partial charge is 0.476 e. The number of hydrogen-bond acceptors (Lipinski definition) is 9. The van der Waals surface area contributed by atoms with Gasteiger partial charge in [-0.2, -0.15) is 5.10 Å². The third-order valence-corrected chi connectivity index (χ3v) is 7.07. The molecule has 12 nitrogen and oxygen atoms in total. The van der Waals surface area contributed by atoms with Crippen molar-refractivity contribution in [1.29, 1.82) is 0 Å². The van der Waals surface area contributed by atoms with E-state index in [2.05, 4.69) is 23.7 Å². The van der Waals surface area contributed by atoms with Crippen molar-refractivity contribution in [1.82, 2.24) is 38.8 Å². The maximum absolute atomic E-state index is 10.0. The highest BCUT2D eigenvalue weighted by molar-refractivity contribution is 5.74. The fourth-order valence-corrected chi connectivity index (χ4v) is 5.10. The van der Waals surface area contributed by atoms with Gasteiger partial charge in [-0.15, -0.1) is 5.10 Å². The molecule has 0 radical (unpaired) electrons. The van der Waals surface area contributed by atoms with Crippen molar-refractivity contribution in [2.75, 3.05) is 33.4 Å². The van der Waals surface area contributed by atoms with Gasteiger partial charge in [0, 0.05) is 33.4 Å². The molecule has 40 heavy (non-hydrogen) atoms. The number of ether oxygens (including phenoxy) is 3. The van der Waals surface area contributed by atoms with Crippen LogP contribution in [0, 0.1) is 0 Å². The van der Waals surface area contributed by atoms with Crippen molar-refractivity contribution in [2.45, 2.75) is 53.0 Å². The van der Waals surface area contributed by atoms with Crippen LogP contribution < -0.4 is 9.47 Å². The average molecular weight is 551 g/mol. The highest BCUT2D eigenvalue weighted by Crippen LogP contribution is 2.34. The second-order valence-electron chi connectivity index (χ2n) is 10.0. The number of fused-ring (bicyclic) bond motifs is 4. The van der Waals surface area contributed by atoms with Crippen LogP contribution in [0.1, 0.15) is 56.5 Å². The number of likely N-dealkylation sites (N-methyl/N-ethyl adjacent to an activating group) is 1. The Morgan fingerprint density at radius 3 is 2.70 bits per heavy atom. The lowest BCUT2D eigenvalue weighted by molar-refractivity contribution is 0.132. The zero-order valence-electron chi connectivity index (χ0n) is 24.0. The fraction of sp³-hybridized carbons (Fsp3) is 0.500. The van der Waals surface area contributed by atoms with Gasteiger partial charge in [0.25, 0.3) is 0 Å². The van der Waals surface area contributed by atoms with E-state index < -0.39 is 0 Å². The van der Waals surface area contributed by atoms with Gasteiger partial charge < -0.3 is 19.3 Å². The molecule has 0 saturated heterocycles. The molecule has 214 valence electrons. The van der Waals surface area contributed by atoms with E-state index >= 15 is 0 Å². The van der Waals surface area contributed by atoms with Crippen LogP contribution in [-0.2, 0) is 24.9 Å². The molecule has 0 saturated carbocycles. The molecule has 1 N–H and O–H groups in total. The Kier molecular flexibility index (Phi) is 8.19. The summed E-state index contributed by atoms with van der Waals surface area (Å²) in [6.07, 6.45) is 9.34. The van der Waals surface area contributed by atoms with Crippen molar-refractivity contribution in [3.8, 4) is 23.0 Å². The molecule has 5 rings (SSSR count). The van der Waals surface area contributed by atoms with Gasteiger partial charge in [-0.05, 0) is 39.5 Å². The first-order valence-corrected chi connectivity index (χ1v) is 13.7. The van der Waals surface area contributed by atoms with E-state index in [0.717, 1.165) is 40.4 Å². The van der Waals surface area contributed by atoms with E-state index in [1.54, 1.807) is 24.2 Å². The third-order valence-electron chi connectivity index (χ3n) is 7.07. The summed E-state index contributed by atoms with van der Waals surface area (Å²) in [6, 6.07) is -0.220. The zero-order valence-corrected chi connectivity index (χ0v) is 24.0. The first-order valence-electron chi connectivity index (χ1n) is 13.7. The molecular weight excluding hydrogens is 512 g/mol. The smallest absolute Gasteiger partial charge is 0.240 e. The summed E-state index contributed by atoms with van der Waals surface area (Å²) in [5, 5.41) is 19.5. The van der Waals surface area contributed by atoms with E-state index in [9.17, 15) is 5.11 Å². The van der Waals surface area contributed by atoms with Crippen LogP contribution in [0.2, 0.25) is 0 Å². The Hall–Kier alpha value is -3.74. The summed E-state index contributed by atoms with van der Waals surface area (Å²) in [5.41, 5.74) is 4.94. The summed E-state index contributed by atoms with van der Waals surface area (Å²) in [4.78, 5) is 11.7. The Balaban J connectivity index is 1.73. The first kappa shape index (κ1) is 27.8. The van der Waals surface area contributed by atoms with Crippen molar-refractivity contribution < 1.29 is 19.3 Å². The molecule has 5 heterocycles. The van der Waals surface area contributed by atoms with Gasteiger partial charge in [0.05, 0.1) is 66.3 Å². The minimum atomic E-state index is -0.220. The minimum Gasteiger partial charge on any atom is -0.476 e. The van der Waals surface area contributed by atoms with Gasteiger partial charge in [0.1, 0.15) is 17.6 Å². The minimum absolute atomic E-state index is 0.0389. The predicted molar refractivity (Wildman–Crippen MR) is 151 cm³/mol. The molecule has 0 spiro atoms. The van der Waals surface area contributed by atoms with Gasteiger partial charge in [0.15, 0.2) is 0 Å². The number of aryl methyl sites for hydroxylation is 1. The van der Waals surface area contributed by atoms with Crippen molar-refractivity contribution in [3.05, 3.63) is 41.4 Å². The molecule has 0 aliphatic carbocycles. The summed E-state index contributed by atoms with van der Waals surface area (Å²) in [5.74, 6) is 1.89. The summed E-state index contributed by atoms with van der Waals surface area (Å²) < 4.78 is 23.6. The van der Waals surface area contributed by atoms with Crippen LogP contribution in [0.4, 0.5) is 0 Å². The molecule has 12 heteroatoms. The quantitative estimate of drug-likeness (QED) is 0.370. The Morgan fingerprint density at radius 1 is 1.18 bits per heavy atom. The monoisotopic (exact) mass is 550 g/mol. The molecule has 1 aliphatic rings. The topological polar surface area (TPSA) is 117 Å². The zero-order chi connectivity index (χ0) is 28.4. The van der Waals surface area contributed by atoms with Gasteiger partial charge in [0.2, 0.25) is 11.8 Å². The van der Waals surface area contributed by atoms with Crippen LogP contribution in [0.3, 0.4) is 0 Å². The lowest BCUT2D eigenvalue weighted by atomic mass is 10.1. The highest BCUT2D eigenvalue weighted by Gasteiger charge is 2.26. The highest BCUT2D eigenvalue weighted by atomic mass is 16.5. The normalized spacial score (nSPS) is 17.6. The number of imidazole rings is 1. The van der Waals surface area contributed by atoms with E-state index in [1.807, 2.05) is 48.3 Å². The van der Waals surface area contributed by atoms with Crippen molar-refractivity contribution in [2.24, 2.45) is 7.05 Å². The van der Waals surface area contributed by atoms with Crippen LogP contribution in [-0.4, -0.2) is 83.5 Å². The molecule has 0 aromatic carbocycles. The summed E-state index contributed by atoms with van der Waals surface area (Å²) in [7, 11) is 3.52. The molecule has 0 amide bonds. The lowest BCUT2D eigenvalue weighted by Crippen LogP contribution is -2.35. The van der Waals surface area contributed by atoms with E-state index in [-0.39, 0.29) is 18.8 Å². The summed E-state index contributed by atoms with van der Waals surface area (Å²) >= 11 is 0. The number of methoxy groups -OCH3 is 1. The number of aliphatic hydroxyl groups excluding tert-OH is 1. The third kappa shape index (κ3) is 5.21. The maximum atomic E-state index is 10.0. The molecule has 1 aliphatic heterocycles. The Morgan fingerprint density at radius 2 is 1.98 bits per heavy atom. The molecule has 0 unspecified atom stereocenters. The Bertz CT molecular complexity index is 1500. The molecular formula is C28H38N8O4. The second-order valence-corrected chi connectivity index (χ2v) is 10.0.